The van der Waals surface area contributed by atoms with Crippen LogP contribution in [0.25, 0.3) is 0 Å². The standard InChI is InChI=1S/C17H21N3O4S/c1-3-19-8-5-9-20-12-15(11-16(20)17(19)21)25(22,23)18-13-6-4-7-14(10-13)24-2/h4,6-7,10-12,18H,3,5,8-9H2,1-2H3. The molecule has 2 heterocycles. The number of sulfonamides is 1. The molecule has 25 heavy (non-hydrogen) atoms. The van der Waals surface area contributed by atoms with E-state index >= 15 is 0 Å². The Balaban J connectivity index is 1.91. The lowest BCUT2D eigenvalue weighted by molar-refractivity contribution is 0.0766. The SMILES string of the molecule is CCN1CCCn2cc(S(=O)(=O)Nc3cccc(OC)c3)cc2C1=O. The summed E-state index contributed by atoms with van der Waals surface area (Å²) in [5, 5.41) is 0. The number of methoxy groups -OCH3 is 1. The van der Waals surface area contributed by atoms with Gasteiger partial charge in [0.2, 0.25) is 0 Å². The van der Waals surface area contributed by atoms with Crippen molar-refractivity contribution in [2.24, 2.45) is 0 Å². The summed E-state index contributed by atoms with van der Waals surface area (Å²) < 4.78 is 34.7. The number of fused-ring (bicyclic) bond motifs is 1. The van der Waals surface area contributed by atoms with Gasteiger partial charge in [-0.05, 0) is 31.5 Å². The highest BCUT2D eigenvalue weighted by Crippen LogP contribution is 2.23. The van der Waals surface area contributed by atoms with Crippen LogP contribution in [-0.2, 0) is 16.6 Å². The minimum Gasteiger partial charge on any atom is -0.497 e. The Hall–Kier alpha value is -2.48. The highest BCUT2D eigenvalue weighted by molar-refractivity contribution is 7.92. The van der Waals surface area contributed by atoms with E-state index in [0.717, 1.165) is 6.42 Å². The van der Waals surface area contributed by atoms with Gasteiger partial charge < -0.3 is 14.2 Å². The normalized spacial score (nSPS) is 14.8. The number of nitrogens with one attached hydrogen (secondary N) is 1. The second kappa shape index (κ2) is 6.79. The number of rotatable bonds is 5. The van der Waals surface area contributed by atoms with Gasteiger partial charge in [0.1, 0.15) is 16.3 Å². The summed E-state index contributed by atoms with van der Waals surface area (Å²) >= 11 is 0. The molecule has 0 fully saturated rings. The van der Waals surface area contributed by atoms with Gasteiger partial charge in [0.25, 0.3) is 15.9 Å². The van der Waals surface area contributed by atoms with E-state index in [1.807, 2.05) is 6.92 Å². The van der Waals surface area contributed by atoms with Crippen molar-refractivity contribution in [3.8, 4) is 5.75 Å². The molecule has 0 aliphatic carbocycles. The van der Waals surface area contributed by atoms with Crippen LogP contribution < -0.4 is 9.46 Å². The summed E-state index contributed by atoms with van der Waals surface area (Å²) in [6.45, 7) is 3.82. The maximum atomic E-state index is 12.7. The van der Waals surface area contributed by atoms with Crippen molar-refractivity contribution in [3.05, 3.63) is 42.2 Å². The predicted molar refractivity (Wildman–Crippen MR) is 94.4 cm³/mol. The molecule has 1 aromatic heterocycles. The van der Waals surface area contributed by atoms with E-state index in [-0.39, 0.29) is 10.8 Å². The number of benzene rings is 1. The summed E-state index contributed by atoms with van der Waals surface area (Å²) in [6, 6.07) is 8.12. The van der Waals surface area contributed by atoms with Crippen LogP contribution in [0.2, 0.25) is 0 Å². The number of amides is 1. The van der Waals surface area contributed by atoms with Gasteiger partial charge in [-0.25, -0.2) is 8.42 Å². The Morgan fingerprint density at radius 3 is 2.76 bits per heavy atom. The van der Waals surface area contributed by atoms with E-state index in [1.165, 1.54) is 19.4 Å². The molecule has 0 radical (unpaired) electrons. The Kier molecular flexibility index (Phi) is 4.71. The van der Waals surface area contributed by atoms with Gasteiger partial charge in [-0.2, -0.15) is 0 Å². The second-order valence-corrected chi connectivity index (χ2v) is 7.51. The Morgan fingerprint density at radius 2 is 2.04 bits per heavy atom. The predicted octanol–water partition coefficient (Wildman–Crippen LogP) is 2.16. The third-order valence-corrected chi connectivity index (χ3v) is 5.57. The third kappa shape index (κ3) is 3.48. The van der Waals surface area contributed by atoms with E-state index < -0.39 is 10.0 Å². The largest absolute Gasteiger partial charge is 0.497 e. The molecule has 1 N–H and O–H groups in total. The van der Waals surface area contributed by atoms with Crippen molar-refractivity contribution < 1.29 is 17.9 Å². The van der Waals surface area contributed by atoms with Crippen LogP contribution in [0.5, 0.6) is 5.75 Å². The fourth-order valence-electron chi connectivity index (χ4n) is 2.89. The highest BCUT2D eigenvalue weighted by Gasteiger charge is 2.26. The van der Waals surface area contributed by atoms with E-state index in [2.05, 4.69) is 4.72 Å². The zero-order chi connectivity index (χ0) is 18.0. The zero-order valence-corrected chi connectivity index (χ0v) is 15.0. The van der Waals surface area contributed by atoms with Gasteiger partial charge in [0.15, 0.2) is 0 Å². The molecule has 1 amide bonds. The molecule has 7 nitrogen and oxygen atoms in total. The van der Waals surface area contributed by atoms with Crippen molar-refractivity contribution in [1.29, 1.82) is 0 Å². The van der Waals surface area contributed by atoms with Crippen LogP contribution in [0, 0.1) is 0 Å². The van der Waals surface area contributed by atoms with Crippen LogP contribution in [0.1, 0.15) is 23.8 Å². The summed E-state index contributed by atoms with van der Waals surface area (Å²) in [7, 11) is -2.27. The lowest BCUT2D eigenvalue weighted by atomic mass is 10.3. The number of anilines is 1. The van der Waals surface area contributed by atoms with Crippen LogP contribution in [-0.4, -0.2) is 44.0 Å². The zero-order valence-electron chi connectivity index (χ0n) is 14.2. The summed E-state index contributed by atoms with van der Waals surface area (Å²) in [5.74, 6) is 0.421. The molecule has 8 heteroatoms. The molecule has 3 rings (SSSR count). The molecular formula is C17H21N3O4S. The molecule has 134 valence electrons. The van der Waals surface area contributed by atoms with Gasteiger partial charge in [-0.3, -0.25) is 9.52 Å². The van der Waals surface area contributed by atoms with Gasteiger partial charge in [0, 0.05) is 31.9 Å². The summed E-state index contributed by atoms with van der Waals surface area (Å²) in [6.07, 6.45) is 2.32. The van der Waals surface area contributed by atoms with E-state index in [1.54, 1.807) is 33.7 Å². The first-order valence-corrected chi connectivity index (χ1v) is 9.59. The van der Waals surface area contributed by atoms with Gasteiger partial charge in [0.05, 0.1) is 12.8 Å². The van der Waals surface area contributed by atoms with E-state index in [4.69, 9.17) is 4.74 Å². The number of carbonyl (C=O) groups is 1. The minimum absolute atomic E-state index is 0.0802. The second-order valence-electron chi connectivity index (χ2n) is 5.83. The first-order chi connectivity index (χ1) is 11.9. The van der Waals surface area contributed by atoms with Gasteiger partial charge in [-0.1, -0.05) is 6.07 Å². The highest BCUT2D eigenvalue weighted by atomic mass is 32.2. The maximum absolute atomic E-state index is 12.7. The number of hydrogen-bond donors (Lipinski definition) is 1. The molecule has 0 bridgehead atoms. The first kappa shape index (κ1) is 17.3. The van der Waals surface area contributed by atoms with Crippen LogP contribution in [0.4, 0.5) is 5.69 Å². The molecule has 1 aromatic carbocycles. The quantitative estimate of drug-likeness (QED) is 0.883. The monoisotopic (exact) mass is 363 g/mol. The lowest BCUT2D eigenvalue weighted by Gasteiger charge is -2.17. The summed E-state index contributed by atoms with van der Waals surface area (Å²) in [4.78, 5) is 14.3. The molecule has 0 unspecified atom stereocenters. The lowest BCUT2D eigenvalue weighted by Crippen LogP contribution is -2.30. The van der Waals surface area contributed by atoms with Crippen molar-refractivity contribution in [2.75, 3.05) is 24.9 Å². The number of carbonyl (C=O) groups excluding carboxylic acids is 1. The van der Waals surface area contributed by atoms with Crippen LogP contribution in [0.15, 0.2) is 41.4 Å². The molecular weight excluding hydrogens is 342 g/mol. The van der Waals surface area contributed by atoms with E-state index in [9.17, 15) is 13.2 Å². The molecule has 0 saturated heterocycles. The Morgan fingerprint density at radius 1 is 1.24 bits per heavy atom. The third-order valence-electron chi connectivity index (χ3n) is 4.22. The average Bonchev–Trinajstić information content (AvgIpc) is 2.97. The molecule has 0 atom stereocenters. The molecule has 0 saturated carbocycles. The van der Waals surface area contributed by atoms with Crippen molar-refractivity contribution in [1.82, 2.24) is 9.47 Å². The maximum Gasteiger partial charge on any atom is 0.270 e. The number of hydrogen-bond acceptors (Lipinski definition) is 4. The van der Waals surface area contributed by atoms with Crippen molar-refractivity contribution >= 4 is 21.6 Å². The van der Waals surface area contributed by atoms with E-state index in [0.29, 0.717) is 36.8 Å². The van der Waals surface area contributed by atoms with Crippen molar-refractivity contribution in [3.63, 3.8) is 0 Å². The van der Waals surface area contributed by atoms with Crippen LogP contribution in [0.3, 0.4) is 0 Å². The van der Waals surface area contributed by atoms with Gasteiger partial charge in [-0.15, -0.1) is 0 Å². The number of nitrogens with zero attached hydrogens (tertiary/aromatic N) is 2. The Bertz CT molecular complexity index is 889. The van der Waals surface area contributed by atoms with Crippen LogP contribution >= 0.6 is 0 Å². The summed E-state index contributed by atoms with van der Waals surface area (Å²) in [5.41, 5.74) is 0.813. The average molecular weight is 363 g/mol. The topological polar surface area (TPSA) is 80.6 Å². The number of aromatic nitrogens is 1. The minimum atomic E-state index is -3.79. The number of aryl methyl sites for hydroxylation is 1. The molecule has 2 aromatic rings. The van der Waals surface area contributed by atoms with Crippen molar-refractivity contribution in [2.45, 2.75) is 24.8 Å². The fraction of sp³-hybridized carbons (Fsp3) is 0.353. The molecule has 1 aliphatic heterocycles. The molecule has 0 spiro atoms. The first-order valence-electron chi connectivity index (χ1n) is 8.11. The number of ether oxygens (including phenoxy) is 1. The van der Waals surface area contributed by atoms with Gasteiger partial charge >= 0.3 is 0 Å². The Labute approximate surface area is 147 Å². The smallest absolute Gasteiger partial charge is 0.270 e. The molecule has 1 aliphatic rings. The fourth-order valence-corrected chi connectivity index (χ4v) is 3.98.